The van der Waals surface area contributed by atoms with Gasteiger partial charge < -0.3 is 10.3 Å². The molecule has 152 valence electrons. The van der Waals surface area contributed by atoms with Crippen molar-refractivity contribution in [2.45, 2.75) is 23.4 Å². The summed E-state index contributed by atoms with van der Waals surface area (Å²) < 4.78 is 0.631. The van der Waals surface area contributed by atoms with E-state index in [9.17, 15) is 9.59 Å². The predicted molar refractivity (Wildman–Crippen MR) is 120 cm³/mol. The third-order valence-corrected chi connectivity index (χ3v) is 6.23. The number of fused-ring (bicyclic) bond motifs is 1. The molecule has 4 aromatic rings. The molecule has 0 fully saturated rings. The summed E-state index contributed by atoms with van der Waals surface area (Å²) in [6, 6.07) is 14.6. The number of carbonyl (C=O) groups excluding carboxylic acids is 1. The number of thioether (sulfide) groups is 1. The summed E-state index contributed by atoms with van der Waals surface area (Å²) in [5.74, 6) is 0.352. The molecule has 2 heterocycles. The second-order valence-corrected chi connectivity index (χ2v) is 8.52. The van der Waals surface area contributed by atoms with E-state index in [2.05, 4.69) is 37.7 Å². The lowest BCUT2D eigenvalue weighted by atomic mass is 10.1. The maximum atomic E-state index is 12.2. The summed E-state index contributed by atoms with van der Waals surface area (Å²) in [6.45, 7) is 2.08. The van der Waals surface area contributed by atoms with Crippen LogP contribution in [0.4, 0.5) is 15.6 Å². The summed E-state index contributed by atoms with van der Waals surface area (Å²) >= 11 is 2.58. The molecule has 4 rings (SSSR count). The number of amides is 2. The molecule has 8 nitrogen and oxygen atoms in total. The number of benzene rings is 2. The first kappa shape index (κ1) is 20.0. The molecule has 0 atom stereocenters. The third-order valence-electron chi connectivity index (χ3n) is 4.25. The number of hydrogen-bond donors (Lipinski definition) is 3. The summed E-state index contributed by atoms with van der Waals surface area (Å²) in [5, 5.41) is 13.8. The normalized spacial score (nSPS) is 10.8. The van der Waals surface area contributed by atoms with E-state index in [-0.39, 0.29) is 11.6 Å². The van der Waals surface area contributed by atoms with E-state index in [1.807, 2.05) is 48.5 Å². The second-order valence-electron chi connectivity index (χ2n) is 6.32. The zero-order chi connectivity index (χ0) is 20.9. The van der Waals surface area contributed by atoms with Crippen LogP contribution >= 0.6 is 23.1 Å². The maximum absolute atomic E-state index is 12.2. The van der Waals surface area contributed by atoms with Crippen molar-refractivity contribution in [1.82, 2.24) is 20.2 Å². The molecule has 0 saturated heterocycles. The lowest BCUT2D eigenvalue weighted by Crippen LogP contribution is -2.19. The Morgan fingerprint density at radius 1 is 1.10 bits per heavy atom. The molecule has 3 N–H and O–H groups in total. The first-order valence-electron chi connectivity index (χ1n) is 9.22. The van der Waals surface area contributed by atoms with Crippen LogP contribution in [0.1, 0.15) is 18.2 Å². The molecular weight excluding hydrogens is 420 g/mol. The monoisotopic (exact) mass is 438 g/mol. The number of H-pyrrole nitrogens is 1. The summed E-state index contributed by atoms with van der Waals surface area (Å²) in [7, 11) is 0. The number of anilines is 2. The number of aromatic amines is 1. The second kappa shape index (κ2) is 9.06. The van der Waals surface area contributed by atoms with Crippen LogP contribution in [-0.2, 0) is 12.2 Å². The molecule has 0 aliphatic carbocycles. The van der Waals surface area contributed by atoms with Gasteiger partial charge in [-0.05, 0) is 36.2 Å². The molecule has 0 unspecified atom stereocenters. The van der Waals surface area contributed by atoms with Gasteiger partial charge >= 0.3 is 6.03 Å². The van der Waals surface area contributed by atoms with Crippen LogP contribution in [0.5, 0.6) is 0 Å². The maximum Gasteiger partial charge on any atom is 0.325 e. The molecule has 10 heteroatoms. The molecule has 0 bridgehead atoms. The smallest absolute Gasteiger partial charge is 0.319 e. The molecule has 2 aromatic carbocycles. The van der Waals surface area contributed by atoms with E-state index in [0.717, 1.165) is 11.9 Å². The Hall–Kier alpha value is -3.24. The van der Waals surface area contributed by atoms with E-state index in [0.29, 0.717) is 32.1 Å². The summed E-state index contributed by atoms with van der Waals surface area (Å²) in [5.41, 5.74) is 3.52. The zero-order valence-electron chi connectivity index (χ0n) is 16.0. The quantitative estimate of drug-likeness (QED) is 0.306. The average molecular weight is 439 g/mol. The summed E-state index contributed by atoms with van der Waals surface area (Å²) in [6.07, 6.45) is 0.943. The number of urea groups is 1. The molecule has 0 saturated carbocycles. The largest absolute Gasteiger partial charge is 0.325 e. The lowest BCUT2D eigenvalue weighted by Gasteiger charge is -2.05. The highest BCUT2D eigenvalue weighted by atomic mass is 32.2. The molecule has 2 amide bonds. The topological polar surface area (TPSA) is 113 Å². The van der Waals surface area contributed by atoms with Crippen LogP contribution in [0.25, 0.3) is 11.0 Å². The van der Waals surface area contributed by atoms with Gasteiger partial charge in [0.1, 0.15) is 5.69 Å². The van der Waals surface area contributed by atoms with Gasteiger partial charge in [0.2, 0.25) is 5.13 Å². The predicted octanol–water partition coefficient (Wildman–Crippen LogP) is 4.27. The minimum Gasteiger partial charge on any atom is -0.319 e. The highest BCUT2D eigenvalue weighted by Crippen LogP contribution is 2.27. The van der Waals surface area contributed by atoms with Crippen LogP contribution in [0.3, 0.4) is 0 Å². The van der Waals surface area contributed by atoms with Crippen LogP contribution < -0.4 is 16.2 Å². The van der Waals surface area contributed by atoms with Crippen molar-refractivity contribution in [3.05, 3.63) is 70.1 Å². The summed E-state index contributed by atoms with van der Waals surface area (Å²) in [4.78, 5) is 31.6. The highest BCUT2D eigenvalue weighted by molar-refractivity contribution is 8.00. The van der Waals surface area contributed by atoms with Crippen molar-refractivity contribution < 1.29 is 4.79 Å². The fraction of sp³-hybridized carbons (Fsp3) is 0.150. The molecular formula is C20H18N6O2S2. The van der Waals surface area contributed by atoms with Crippen LogP contribution in [0.2, 0.25) is 0 Å². The average Bonchev–Trinajstić information content (AvgIpc) is 3.19. The van der Waals surface area contributed by atoms with Gasteiger partial charge in [0.15, 0.2) is 4.34 Å². The van der Waals surface area contributed by atoms with Gasteiger partial charge in [-0.2, -0.15) is 0 Å². The van der Waals surface area contributed by atoms with Gasteiger partial charge in [0, 0.05) is 11.4 Å². The van der Waals surface area contributed by atoms with Gasteiger partial charge in [-0.3, -0.25) is 10.1 Å². The third kappa shape index (κ3) is 4.84. The van der Waals surface area contributed by atoms with E-state index in [1.54, 1.807) is 0 Å². The van der Waals surface area contributed by atoms with Gasteiger partial charge in [-0.15, -0.1) is 10.2 Å². The lowest BCUT2D eigenvalue weighted by molar-refractivity contribution is 0.262. The Kier molecular flexibility index (Phi) is 6.05. The van der Waals surface area contributed by atoms with Crippen LogP contribution in [0.15, 0.2) is 57.7 Å². The fourth-order valence-corrected chi connectivity index (χ4v) is 4.37. The minimum absolute atomic E-state index is 0.225. The Balaban J connectivity index is 1.35. The van der Waals surface area contributed by atoms with Crippen molar-refractivity contribution in [1.29, 1.82) is 0 Å². The van der Waals surface area contributed by atoms with E-state index < -0.39 is 0 Å². The van der Waals surface area contributed by atoms with Crippen LogP contribution in [0, 0.1) is 0 Å². The number of aromatic nitrogens is 4. The molecule has 0 radical (unpaired) electrons. The van der Waals surface area contributed by atoms with E-state index in [1.165, 1.54) is 28.7 Å². The Morgan fingerprint density at radius 2 is 1.90 bits per heavy atom. The van der Waals surface area contributed by atoms with Gasteiger partial charge in [0.25, 0.3) is 5.56 Å². The van der Waals surface area contributed by atoms with Crippen molar-refractivity contribution in [2.75, 3.05) is 10.6 Å². The van der Waals surface area contributed by atoms with Crippen molar-refractivity contribution in [3.8, 4) is 0 Å². The molecule has 0 spiro atoms. The molecule has 0 aliphatic heterocycles. The Morgan fingerprint density at radius 3 is 2.70 bits per heavy atom. The number of para-hydroxylation sites is 2. The molecule has 2 aromatic heterocycles. The van der Waals surface area contributed by atoms with Gasteiger partial charge in [-0.1, -0.05) is 54.3 Å². The van der Waals surface area contributed by atoms with Crippen molar-refractivity contribution >= 4 is 51.0 Å². The number of nitrogens with one attached hydrogen (secondary N) is 3. The number of carbonyl (C=O) groups is 1. The molecule has 0 aliphatic rings. The minimum atomic E-state index is -0.389. The van der Waals surface area contributed by atoms with Gasteiger partial charge in [-0.25, -0.2) is 9.78 Å². The fourth-order valence-electron chi connectivity index (χ4n) is 2.70. The number of nitrogens with zero attached hydrogens (tertiary/aromatic N) is 3. The Bertz CT molecular complexity index is 1240. The van der Waals surface area contributed by atoms with Crippen LogP contribution in [-0.4, -0.2) is 26.2 Å². The number of aryl methyl sites for hydroxylation is 1. The molecule has 30 heavy (non-hydrogen) atoms. The Labute approximate surface area is 180 Å². The van der Waals surface area contributed by atoms with E-state index >= 15 is 0 Å². The first-order valence-corrected chi connectivity index (χ1v) is 11.0. The van der Waals surface area contributed by atoms with Gasteiger partial charge in [0.05, 0.1) is 11.0 Å². The zero-order valence-corrected chi connectivity index (χ0v) is 17.6. The number of rotatable bonds is 6. The van der Waals surface area contributed by atoms with Crippen molar-refractivity contribution in [2.24, 2.45) is 0 Å². The SMILES string of the molecule is CCc1ccc(NC(=O)Nc2nnc(SCc3nc4ccccc4[nH]c3=O)s2)cc1. The first-order chi connectivity index (χ1) is 14.6. The van der Waals surface area contributed by atoms with E-state index in [4.69, 9.17) is 0 Å². The van der Waals surface area contributed by atoms with Crippen molar-refractivity contribution in [3.63, 3.8) is 0 Å². The highest BCUT2D eigenvalue weighted by Gasteiger charge is 2.11. The standard InChI is InChI=1S/C20H18N6O2S2/c1-2-12-7-9-13(10-8-12)21-18(28)24-19-25-26-20(30-19)29-11-16-17(27)23-15-6-4-3-5-14(15)22-16/h3-10H,2,11H2,1H3,(H,23,27)(H2,21,24,25,28). The number of hydrogen-bond acceptors (Lipinski definition) is 7.